The van der Waals surface area contributed by atoms with Crippen molar-refractivity contribution in [2.24, 2.45) is 4.99 Å². The van der Waals surface area contributed by atoms with Gasteiger partial charge in [-0.1, -0.05) is 24.3 Å². The first kappa shape index (κ1) is 24.7. The Morgan fingerprint density at radius 2 is 1.76 bits per heavy atom. The molecule has 3 aromatic carbocycles. The lowest BCUT2D eigenvalue weighted by atomic mass is 10.1. The van der Waals surface area contributed by atoms with Gasteiger partial charge in [-0.05, 0) is 125 Å². The molecule has 0 saturated carbocycles. The third kappa shape index (κ3) is 5.63. The van der Waals surface area contributed by atoms with E-state index in [4.69, 9.17) is 14.2 Å². The second-order valence-corrected chi connectivity index (χ2v) is 10.1. The normalized spacial score (nSPS) is 14.2. The Hall–Kier alpha value is -2.40. The number of aliphatic imine (C=N–C) groups is 1. The maximum atomic E-state index is 12.5. The predicted molar refractivity (Wildman–Crippen MR) is 150 cm³/mol. The second-order valence-electron chi connectivity index (χ2n) is 7.78. The number of halogens is 2. The number of carbonyl (C=O) groups excluding carboxylic acids is 1. The fraction of sp³-hybridized carbons (Fsp3) is 0.185. The van der Waals surface area contributed by atoms with Crippen LogP contribution in [0.5, 0.6) is 11.5 Å². The molecule has 0 N–H and O–H groups in total. The SMILES string of the molecule is CCOc1cc(/C=C2\N=C(c3ccc(I)c(C)c3)OC2=O)cc(I)c1OCc1ccccc1C. The molecule has 1 heterocycles. The van der Waals surface area contributed by atoms with Crippen molar-refractivity contribution in [1.29, 1.82) is 0 Å². The minimum atomic E-state index is -0.473. The van der Waals surface area contributed by atoms with E-state index in [2.05, 4.69) is 69.2 Å². The number of carbonyl (C=O) groups is 1. The van der Waals surface area contributed by atoms with Crippen molar-refractivity contribution in [3.05, 3.63) is 95.3 Å². The Bertz CT molecular complexity index is 1310. The molecule has 34 heavy (non-hydrogen) atoms. The Balaban J connectivity index is 1.62. The van der Waals surface area contributed by atoms with E-state index in [1.54, 1.807) is 6.08 Å². The van der Waals surface area contributed by atoms with E-state index in [1.807, 2.05) is 56.3 Å². The number of rotatable bonds is 7. The number of cyclic esters (lactones) is 1. The molecule has 0 atom stereocenters. The summed E-state index contributed by atoms with van der Waals surface area (Å²) in [6, 6.07) is 17.8. The van der Waals surface area contributed by atoms with Crippen LogP contribution in [0.4, 0.5) is 0 Å². The van der Waals surface area contributed by atoms with Crippen LogP contribution in [0, 0.1) is 21.0 Å². The van der Waals surface area contributed by atoms with Gasteiger partial charge in [0, 0.05) is 9.13 Å². The first-order chi connectivity index (χ1) is 16.4. The van der Waals surface area contributed by atoms with Gasteiger partial charge in [-0.15, -0.1) is 0 Å². The van der Waals surface area contributed by atoms with Crippen LogP contribution >= 0.6 is 45.2 Å². The van der Waals surface area contributed by atoms with Crippen molar-refractivity contribution in [3.63, 3.8) is 0 Å². The zero-order valence-electron chi connectivity index (χ0n) is 19.0. The quantitative estimate of drug-likeness (QED) is 0.156. The van der Waals surface area contributed by atoms with Gasteiger partial charge in [0.05, 0.1) is 10.2 Å². The molecule has 0 unspecified atom stereocenters. The molecule has 174 valence electrons. The molecule has 0 radical (unpaired) electrons. The average Bonchev–Trinajstić information content (AvgIpc) is 3.16. The highest BCUT2D eigenvalue weighted by molar-refractivity contribution is 14.1. The van der Waals surface area contributed by atoms with Crippen LogP contribution in [0.25, 0.3) is 6.08 Å². The first-order valence-electron chi connectivity index (χ1n) is 10.8. The van der Waals surface area contributed by atoms with Gasteiger partial charge < -0.3 is 14.2 Å². The van der Waals surface area contributed by atoms with Crippen LogP contribution in [0.2, 0.25) is 0 Å². The van der Waals surface area contributed by atoms with Gasteiger partial charge >= 0.3 is 5.97 Å². The molecule has 0 amide bonds. The highest BCUT2D eigenvalue weighted by Gasteiger charge is 2.25. The van der Waals surface area contributed by atoms with Crippen LogP contribution in [-0.2, 0) is 16.1 Å². The van der Waals surface area contributed by atoms with E-state index in [1.165, 1.54) is 5.56 Å². The molecule has 0 aliphatic carbocycles. The minimum Gasteiger partial charge on any atom is -0.490 e. The maximum Gasteiger partial charge on any atom is 0.363 e. The van der Waals surface area contributed by atoms with E-state index in [9.17, 15) is 4.79 Å². The first-order valence-corrected chi connectivity index (χ1v) is 12.9. The fourth-order valence-corrected chi connectivity index (χ4v) is 4.58. The van der Waals surface area contributed by atoms with Crippen molar-refractivity contribution in [1.82, 2.24) is 0 Å². The third-order valence-corrected chi connectivity index (χ3v) is 7.31. The van der Waals surface area contributed by atoms with Gasteiger partial charge in [0.15, 0.2) is 17.2 Å². The lowest BCUT2D eigenvalue weighted by Crippen LogP contribution is -2.06. The van der Waals surface area contributed by atoms with Gasteiger partial charge in [-0.3, -0.25) is 0 Å². The van der Waals surface area contributed by atoms with Gasteiger partial charge in [-0.25, -0.2) is 9.79 Å². The Kier molecular flexibility index (Phi) is 7.92. The lowest BCUT2D eigenvalue weighted by molar-refractivity contribution is -0.129. The lowest BCUT2D eigenvalue weighted by Gasteiger charge is -2.15. The Morgan fingerprint density at radius 1 is 0.971 bits per heavy atom. The molecule has 1 aliphatic rings. The highest BCUT2D eigenvalue weighted by Crippen LogP contribution is 2.36. The number of ether oxygens (including phenoxy) is 3. The van der Waals surface area contributed by atoms with Crippen molar-refractivity contribution in [2.75, 3.05) is 6.61 Å². The van der Waals surface area contributed by atoms with E-state index in [-0.39, 0.29) is 5.70 Å². The number of hydrogen-bond acceptors (Lipinski definition) is 5. The minimum absolute atomic E-state index is 0.248. The molecular weight excluding hydrogens is 656 g/mol. The van der Waals surface area contributed by atoms with E-state index < -0.39 is 5.97 Å². The van der Waals surface area contributed by atoms with Crippen molar-refractivity contribution >= 4 is 63.1 Å². The smallest absolute Gasteiger partial charge is 0.363 e. The summed E-state index contributed by atoms with van der Waals surface area (Å²) in [5.74, 6) is 1.15. The summed E-state index contributed by atoms with van der Waals surface area (Å²) in [4.78, 5) is 17.0. The predicted octanol–water partition coefficient (Wildman–Crippen LogP) is 6.83. The van der Waals surface area contributed by atoms with Crippen molar-refractivity contribution in [3.8, 4) is 11.5 Å². The largest absolute Gasteiger partial charge is 0.490 e. The van der Waals surface area contributed by atoms with Gasteiger partial charge in [0.2, 0.25) is 5.90 Å². The molecule has 0 bridgehead atoms. The standard InChI is InChI=1S/C27H23I2NO4/c1-4-32-24-14-18(12-22(29)25(24)33-15-20-8-6-5-7-16(20)2)13-23-27(31)34-26(30-23)19-9-10-21(28)17(3)11-19/h5-14H,4,15H2,1-3H3/b23-13-. The van der Waals surface area contributed by atoms with Gasteiger partial charge in [0.1, 0.15) is 6.61 Å². The Labute approximate surface area is 226 Å². The highest BCUT2D eigenvalue weighted by atomic mass is 127. The van der Waals surface area contributed by atoms with E-state index in [0.717, 1.165) is 29.4 Å². The van der Waals surface area contributed by atoms with Crippen molar-refractivity contribution < 1.29 is 19.0 Å². The van der Waals surface area contributed by atoms with Gasteiger partial charge in [0.25, 0.3) is 0 Å². The number of benzene rings is 3. The molecule has 0 saturated heterocycles. The summed E-state index contributed by atoms with van der Waals surface area (Å²) >= 11 is 4.50. The average molecular weight is 679 g/mol. The van der Waals surface area contributed by atoms with Crippen LogP contribution < -0.4 is 9.47 Å². The molecule has 5 nitrogen and oxygen atoms in total. The number of nitrogens with zero attached hydrogens (tertiary/aromatic N) is 1. The Morgan fingerprint density at radius 3 is 2.50 bits per heavy atom. The van der Waals surface area contributed by atoms with Crippen LogP contribution in [0.3, 0.4) is 0 Å². The zero-order valence-corrected chi connectivity index (χ0v) is 23.3. The maximum absolute atomic E-state index is 12.5. The summed E-state index contributed by atoms with van der Waals surface area (Å²) in [6.45, 7) is 6.94. The van der Waals surface area contributed by atoms with Crippen LogP contribution in [0.1, 0.15) is 34.7 Å². The molecule has 0 fully saturated rings. The molecule has 7 heteroatoms. The monoisotopic (exact) mass is 679 g/mol. The molecule has 4 rings (SSSR count). The topological polar surface area (TPSA) is 57.1 Å². The summed E-state index contributed by atoms with van der Waals surface area (Å²) in [5, 5.41) is 0. The van der Waals surface area contributed by atoms with Crippen LogP contribution in [0.15, 0.2) is 65.3 Å². The summed E-state index contributed by atoms with van der Waals surface area (Å²) in [6.07, 6.45) is 1.71. The number of esters is 1. The molecule has 0 aromatic heterocycles. The van der Waals surface area contributed by atoms with E-state index in [0.29, 0.717) is 30.6 Å². The summed E-state index contributed by atoms with van der Waals surface area (Å²) < 4.78 is 19.5. The molecule has 0 spiro atoms. The van der Waals surface area contributed by atoms with Crippen LogP contribution in [-0.4, -0.2) is 18.5 Å². The fourth-order valence-electron chi connectivity index (χ4n) is 3.46. The molecular formula is C27H23I2NO4. The van der Waals surface area contributed by atoms with Gasteiger partial charge in [-0.2, -0.15) is 0 Å². The summed E-state index contributed by atoms with van der Waals surface area (Å²) in [7, 11) is 0. The molecule has 1 aliphatic heterocycles. The third-order valence-electron chi connectivity index (χ3n) is 5.29. The summed E-state index contributed by atoms with van der Waals surface area (Å²) in [5.41, 5.74) is 5.21. The second kappa shape index (κ2) is 10.9. The van der Waals surface area contributed by atoms with Crippen molar-refractivity contribution in [2.45, 2.75) is 27.4 Å². The number of aryl methyl sites for hydroxylation is 2. The van der Waals surface area contributed by atoms with E-state index >= 15 is 0 Å². The zero-order chi connectivity index (χ0) is 24.2. The number of hydrogen-bond donors (Lipinski definition) is 0. The molecule has 3 aromatic rings.